The third kappa shape index (κ3) is 3.72. The zero-order valence-corrected chi connectivity index (χ0v) is 13.3. The number of hydrogen-bond donors (Lipinski definition) is 1. The first-order valence-corrected chi connectivity index (χ1v) is 8.43. The van der Waals surface area contributed by atoms with Crippen LogP contribution in [0.3, 0.4) is 0 Å². The van der Waals surface area contributed by atoms with E-state index in [0.29, 0.717) is 24.6 Å². The van der Waals surface area contributed by atoms with Crippen molar-refractivity contribution < 1.29 is 14.1 Å². The molecule has 1 amide bonds. The average molecular weight is 321 g/mol. The van der Waals surface area contributed by atoms with Crippen molar-refractivity contribution in [3.8, 4) is 11.4 Å². The highest BCUT2D eigenvalue weighted by Crippen LogP contribution is 2.19. The van der Waals surface area contributed by atoms with Crippen molar-refractivity contribution in [2.24, 2.45) is 0 Å². The molecule has 1 saturated heterocycles. The smallest absolute Gasteiger partial charge is 0.227 e. The molecule has 2 atom stereocenters. The molecule has 2 aromatic rings. The standard InChI is InChI=1S/C15H19N3O3S/c1-10(12-3-2-7-20-12)16-13(19)4-5-14-17-15(18-21-14)11-6-8-22-9-11/h6,8-10,12H,2-5,7H2,1H3,(H,16,19). The zero-order chi connectivity index (χ0) is 15.4. The van der Waals surface area contributed by atoms with Gasteiger partial charge in [-0.25, -0.2) is 0 Å². The number of rotatable bonds is 6. The van der Waals surface area contributed by atoms with Crippen molar-refractivity contribution >= 4 is 17.2 Å². The fourth-order valence-corrected chi connectivity index (χ4v) is 3.14. The third-order valence-electron chi connectivity index (χ3n) is 3.72. The third-order valence-corrected chi connectivity index (χ3v) is 4.41. The molecule has 6 nitrogen and oxygen atoms in total. The number of hydrogen-bond acceptors (Lipinski definition) is 6. The number of nitrogens with zero attached hydrogens (tertiary/aromatic N) is 2. The first kappa shape index (κ1) is 15.2. The lowest BCUT2D eigenvalue weighted by Gasteiger charge is -2.19. The average Bonchev–Trinajstić information content (AvgIpc) is 3.25. The number of carbonyl (C=O) groups excluding carboxylic acids is 1. The summed E-state index contributed by atoms with van der Waals surface area (Å²) in [7, 11) is 0. The van der Waals surface area contributed by atoms with E-state index in [1.807, 2.05) is 23.8 Å². The molecule has 0 aromatic carbocycles. The monoisotopic (exact) mass is 321 g/mol. The predicted octanol–water partition coefficient (Wildman–Crippen LogP) is 2.41. The van der Waals surface area contributed by atoms with Crippen molar-refractivity contribution in [1.29, 1.82) is 0 Å². The molecule has 1 aliphatic heterocycles. The predicted molar refractivity (Wildman–Crippen MR) is 82.5 cm³/mol. The van der Waals surface area contributed by atoms with E-state index in [1.165, 1.54) is 0 Å². The Morgan fingerprint density at radius 2 is 2.50 bits per heavy atom. The van der Waals surface area contributed by atoms with E-state index in [2.05, 4.69) is 15.5 Å². The van der Waals surface area contributed by atoms with Crippen LogP contribution in [0.15, 0.2) is 21.3 Å². The molecule has 0 spiro atoms. The summed E-state index contributed by atoms with van der Waals surface area (Å²) in [5.41, 5.74) is 0.941. The van der Waals surface area contributed by atoms with E-state index in [-0.39, 0.29) is 18.1 Å². The highest BCUT2D eigenvalue weighted by Gasteiger charge is 2.23. The van der Waals surface area contributed by atoms with E-state index in [4.69, 9.17) is 9.26 Å². The summed E-state index contributed by atoms with van der Waals surface area (Å²) in [6, 6.07) is 1.98. The minimum atomic E-state index is -0.0155. The van der Waals surface area contributed by atoms with Gasteiger partial charge in [-0.2, -0.15) is 16.3 Å². The summed E-state index contributed by atoms with van der Waals surface area (Å²) in [5.74, 6) is 1.05. The molecule has 118 valence electrons. The topological polar surface area (TPSA) is 77.3 Å². The van der Waals surface area contributed by atoms with Gasteiger partial charge in [-0.15, -0.1) is 0 Å². The molecule has 1 fully saturated rings. The summed E-state index contributed by atoms with van der Waals surface area (Å²) in [5, 5.41) is 10.8. The van der Waals surface area contributed by atoms with Gasteiger partial charge in [0.1, 0.15) is 0 Å². The summed E-state index contributed by atoms with van der Waals surface area (Å²) >= 11 is 1.58. The van der Waals surface area contributed by atoms with Crippen molar-refractivity contribution in [3.63, 3.8) is 0 Å². The fraction of sp³-hybridized carbons (Fsp3) is 0.533. The number of aromatic nitrogens is 2. The Balaban J connectivity index is 1.46. The van der Waals surface area contributed by atoms with Crippen molar-refractivity contribution in [2.75, 3.05) is 6.61 Å². The lowest BCUT2D eigenvalue weighted by molar-refractivity contribution is -0.122. The Bertz CT molecular complexity index is 605. The summed E-state index contributed by atoms with van der Waals surface area (Å²) in [4.78, 5) is 16.3. The van der Waals surface area contributed by atoms with Crippen LogP contribution in [0.2, 0.25) is 0 Å². The molecule has 0 radical (unpaired) electrons. The van der Waals surface area contributed by atoms with Gasteiger partial charge >= 0.3 is 0 Å². The number of nitrogens with one attached hydrogen (secondary N) is 1. The van der Waals surface area contributed by atoms with Gasteiger partial charge in [-0.3, -0.25) is 4.79 Å². The van der Waals surface area contributed by atoms with Crippen LogP contribution in [0.5, 0.6) is 0 Å². The molecule has 0 bridgehead atoms. The second kappa shape index (κ2) is 7.02. The second-order valence-electron chi connectivity index (χ2n) is 5.43. The van der Waals surface area contributed by atoms with Crippen LogP contribution in [0.1, 0.15) is 32.1 Å². The molecule has 1 N–H and O–H groups in total. The minimum absolute atomic E-state index is 0.0155. The maximum absolute atomic E-state index is 12.0. The molecule has 2 unspecified atom stereocenters. The van der Waals surface area contributed by atoms with Crippen LogP contribution in [0.25, 0.3) is 11.4 Å². The van der Waals surface area contributed by atoms with Crippen LogP contribution in [-0.4, -0.2) is 34.8 Å². The van der Waals surface area contributed by atoms with Gasteiger partial charge in [0.2, 0.25) is 17.6 Å². The number of aryl methyl sites for hydroxylation is 1. The van der Waals surface area contributed by atoms with Gasteiger partial charge < -0.3 is 14.6 Å². The van der Waals surface area contributed by atoms with Crippen LogP contribution < -0.4 is 5.32 Å². The SMILES string of the molecule is CC(NC(=O)CCc1nc(-c2ccsc2)no1)C1CCCO1. The maximum Gasteiger partial charge on any atom is 0.227 e. The fourth-order valence-electron chi connectivity index (χ4n) is 2.50. The van der Waals surface area contributed by atoms with Gasteiger partial charge in [0, 0.05) is 30.4 Å². The largest absolute Gasteiger partial charge is 0.376 e. The molecule has 7 heteroatoms. The molecular formula is C15H19N3O3S. The molecular weight excluding hydrogens is 302 g/mol. The van der Waals surface area contributed by atoms with Gasteiger partial charge in [-0.1, -0.05) is 5.16 Å². The summed E-state index contributed by atoms with van der Waals surface area (Å²) in [6.07, 6.45) is 2.99. The van der Waals surface area contributed by atoms with Gasteiger partial charge in [0.15, 0.2) is 0 Å². The van der Waals surface area contributed by atoms with Crippen molar-refractivity contribution in [1.82, 2.24) is 15.5 Å². The molecule has 1 aliphatic rings. The number of amides is 1. The number of thiophene rings is 1. The van der Waals surface area contributed by atoms with Crippen LogP contribution in [0.4, 0.5) is 0 Å². The first-order valence-electron chi connectivity index (χ1n) is 7.48. The number of ether oxygens (including phenoxy) is 1. The van der Waals surface area contributed by atoms with E-state index in [1.54, 1.807) is 11.3 Å². The van der Waals surface area contributed by atoms with Gasteiger partial charge in [0.25, 0.3) is 0 Å². The molecule has 2 aromatic heterocycles. The molecule has 0 saturated carbocycles. The zero-order valence-electron chi connectivity index (χ0n) is 12.4. The Hall–Kier alpha value is -1.73. The van der Waals surface area contributed by atoms with Crippen LogP contribution >= 0.6 is 11.3 Å². The summed E-state index contributed by atoms with van der Waals surface area (Å²) < 4.78 is 10.8. The molecule has 0 aliphatic carbocycles. The Morgan fingerprint density at radius 3 is 3.23 bits per heavy atom. The minimum Gasteiger partial charge on any atom is -0.376 e. The lowest BCUT2D eigenvalue weighted by atomic mass is 10.1. The van der Waals surface area contributed by atoms with E-state index >= 15 is 0 Å². The normalized spacial score (nSPS) is 19.2. The van der Waals surface area contributed by atoms with Crippen molar-refractivity contribution in [3.05, 3.63) is 22.7 Å². The number of carbonyl (C=O) groups is 1. The molecule has 22 heavy (non-hydrogen) atoms. The van der Waals surface area contributed by atoms with Gasteiger partial charge in [-0.05, 0) is 31.2 Å². The first-order chi connectivity index (χ1) is 10.7. The highest BCUT2D eigenvalue weighted by molar-refractivity contribution is 7.08. The van der Waals surface area contributed by atoms with Crippen LogP contribution in [0, 0.1) is 0 Å². The lowest BCUT2D eigenvalue weighted by Crippen LogP contribution is -2.40. The molecule has 3 rings (SSSR count). The quantitative estimate of drug-likeness (QED) is 0.884. The van der Waals surface area contributed by atoms with E-state index < -0.39 is 0 Å². The van der Waals surface area contributed by atoms with E-state index in [9.17, 15) is 4.79 Å². The van der Waals surface area contributed by atoms with Crippen molar-refractivity contribution in [2.45, 2.75) is 44.8 Å². The second-order valence-corrected chi connectivity index (χ2v) is 6.21. The maximum atomic E-state index is 12.0. The molecule has 3 heterocycles. The Kier molecular flexibility index (Phi) is 4.84. The van der Waals surface area contributed by atoms with E-state index in [0.717, 1.165) is 25.0 Å². The Labute approximate surface area is 132 Å². The Morgan fingerprint density at radius 1 is 1.59 bits per heavy atom. The highest BCUT2D eigenvalue weighted by atomic mass is 32.1. The van der Waals surface area contributed by atoms with Crippen LogP contribution in [-0.2, 0) is 16.0 Å². The van der Waals surface area contributed by atoms with Gasteiger partial charge in [0.05, 0.1) is 12.1 Å². The summed E-state index contributed by atoms with van der Waals surface area (Å²) in [6.45, 7) is 2.77.